The smallest absolute Gasteiger partial charge is 0.311 e. The Morgan fingerprint density at radius 2 is 1.50 bits per heavy atom. The van der Waals surface area contributed by atoms with Crippen LogP contribution in [0.1, 0.15) is 41.0 Å². The molecule has 160 valence electrons. The van der Waals surface area contributed by atoms with Gasteiger partial charge in [-0.25, -0.2) is 0 Å². The van der Waals surface area contributed by atoms with Crippen LogP contribution in [0.3, 0.4) is 0 Å². The highest BCUT2D eigenvalue weighted by atomic mass is 28.4. The average molecular weight is 427 g/mol. The van der Waals surface area contributed by atoms with Gasteiger partial charge >= 0.3 is 5.97 Å². The van der Waals surface area contributed by atoms with Crippen molar-refractivity contribution in [1.29, 1.82) is 0 Å². The number of rotatable bonds is 4. The van der Waals surface area contributed by atoms with Gasteiger partial charge in [-0.3, -0.25) is 4.79 Å². The minimum atomic E-state index is -2.85. The minimum absolute atomic E-state index is 0.143. The van der Waals surface area contributed by atoms with Gasteiger partial charge in [0, 0.05) is 0 Å². The topological polar surface area (TPSA) is 54.0 Å². The first-order chi connectivity index (χ1) is 14.1. The molecule has 2 aromatic rings. The number of hydrogen-bond acceptors (Lipinski definition) is 5. The summed E-state index contributed by atoms with van der Waals surface area (Å²) < 4.78 is 24.8. The maximum absolute atomic E-state index is 12.4. The van der Waals surface area contributed by atoms with E-state index >= 15 is 0 Å². The summed E-state index contributed by atoms with van der Waals surface area (Å²) in [7, 11) is -2.85. The molecule has 2 aromatic carbocycles. The summed E-state index contributed by atoms with van der Waals surface area (Å²) in [5.74, 6) is -2.37. The van der Waals surface area contributed by atoms with E-state index in [2.05, 4.69) is 45.0 Å². The molecule has 2 aliphatic rings. The predicted octanol–water partition coefficient (Wildman–Crippen LogP) is 3.36. The van der Waals surface area contributed by atoms with Crippen LogP contribution in [-0.4, -0.2) is 38.6 Å². The Morgan fingerprint density at radius 3 is 1.93 bits per heavy atom. The SMILES string of the molecule is CC1(C)OC[C@]2(OC(=O)C[C@H]2O[Si](c2ccccc2)(c2ccccc2)C(C)(C)C)O1. The highest BCUT2D eigenvalue weighted by Gasteiger charge is 2.63. The van der Waals surface area contributed by atoms with Crippen LogP contribution in [0.2, 0.25) is 5.04 Å². The maximum atomic E-state index is 12.4. The van der Waals surface area contributed by atoms with Crippen molar-refractivity contribution in [3.63, 3.8) is 0 Å². The summed E-state index contributed by atoms with van der Waals surface area (Å²) in [6.45, 7) is 10.4. The first-order valence-corrected chi connectivity index (χ1v) is 12.3. The van der Waals surface area contributed by atoms with Crippen LogP contribution in [0.25, 0.3) is 0 Å². The molecule has 0 unspecified atom stereocenters. The largest absolute Gasteiger partial charge is 0.427 e. The van der Waals surface area contributed by atoms with E-state index in [9.17, 15) is 4.79 Å². The summed E-state index contributed by atoms with van der Waals surface area (Å²) in [6, 6.07) is 20.7. The molecule has 2 aliphatic heterocycles. The Labute approximate surface area is 179 Å². The zero-order valence-electron chi connectivity index (χ0n) is 18.3. The first kappa shape index (κ1) is 21.2. The maximum Gasteiger partial charge on any atom is 0.311 e. The van der Waals surface area contributed by atoms with Crippen LogP contribution in [0.15, 0.2) is 60.7 Å². The molecule has 0 bridgehead atoms. The van der Waals surface area contributed by atoms with Crippen molar-refractivity contribution in [3.8, 4) is 0 Å². The Hall–Kier alpha value is -1.99. The second kappa shape index (κ2) is 7.30. The zero-order valence-corrected chi connectivity index (χ0v) is 19.3. The number of esters is 1. The lowest BCUT2D eigenvalue weighted by Crippen LogP contribution is -2.69. The fourth-order valence-electron chi connectivity index (χ4n) is 4.60. The molecule has 2 fully saturated rings. The van der Waals surface area contributed by atoms with Gasteiger partial charge in [-0.15, -0.1) is 0 Å². The van der Waals surface area contributed by atoms with Crippen molar-refractivity contribution in [2.45, 2.75) is 63.8 Å². The summed E-state index contributed by atoms with van der Waals surface area (Å²) in [5.41, 5.74) is 0. The van der Waals surface area contributed by atoms with Gasteiger partial charge in [0.1, 0.15) is 12.7 Å². The summed E-state index contributed by atoms with van der Waals surface area (Å²) in [4.78, 5) is 12.4. The highest BCUT2D eigenvalue weighted by Crippen LogP contribution is 2.45. The van der Waals surface area contributed by atoms with E-state index in [4.69, 9.17) is 18.6 Å². The molecule has 30 heavy (non-hydrogen) atoms. The van der Waals surface area contributed by atoms with Gasteiger partial charge in [0.2, 0.25) is 0 Å². The molecule has 5 nitrogen and oxygen atoms in total. The molecule has 2 saturated heterocycles. The average Bonchev–Trinajstić information content (AvgIpc) is 3.16. The third-order valence-corrected chi connectivity index (χ3v) is 10.9. The quantitative estimate of drug-likeness (QED) is 0.554. The van der Waals surface area contributed by atoms with Crippen molar-refractivity contribution in [1.82, 2.24) is 0 Å². The second-order valence-electron chi connectivity index (χ2n) is 9.55. The summed E-state index contributed by atoms with van der Waals surface area (Å²) in [6.07, 6.45) is -0.415. The molecular formula is C24H30O5Si. The molecular weight excluding hydrogens is 396 g/mol. The molecule has 2 heterocycles. The summed E-state index contributed by atoms with van der Waals surface area (Å²) in [5, 5.41) is 2.09. The van der Waals surface area contributed by atoms with Crippen LogP contribution in [0, 0.1) is 0 Å². The van der Waals surface area contributed by atoms with Crippen LogP contribution in [0.5, 0.6) is 0 Å². The lowest BCUT2D eigenvalue weighted by Gasteiger charge is -2.46. The van der Waals surface area contributed by atoms with E-state index in [0.29, 0.717) is 0 Å². The van der Waals surface area contributed by atoms with Gasteiger partial charge in [-0.2, -0.15) is 0 Å². The van der Waals surface area contributed by atoms with Crippen LogP contribution in [-0.2, 0) is 23.4 Å². The molecule has 0 aliphatic carbocycles. The third kappa shape index (κ3) is 3.52. The van der Waals surface area contributed by atoms with E-state index < -0.39 is 26.0 Å². The van der Waals surface area contributed by atoms with Gasteiger partial charge in [0.25, 0.3) is 14.1 Å². The molecule has 0 saturated carbocycles. The Morgan fingerprint density at radius 1 is 0.967 bits per heavy atom. The molecule has 0 amide bonds. The van der Waals surface area contributed by atoms with E-state index in [1.807, 2.05) is 50.2 Å². The Balaban J connectivity index is 1.86. The zero-order chi connectivity index (χ0) is 21.6. The van der Waals surface area contributed by atoms with Crippen molar-refractivity contribution >= 4 is 24.7 Å². The van der Waals surface area contributed by atoms with E-state index in [-0.39, 0.29) is 24.0 Å². The second-order valence-corrected chi connectivity index (χ2v) is 13.8. The number of hydrogen-bond donors (Lipinski definition) is 0. The lowest BCUT2D eigenvalue weighted by atomic mass is 10.1. The Kier molecular flexibility index (Phi) is 5.17. The van der Waals surface area contributed by atoms with Crippen molar-refractivity contribution < 1.29 is 23.4 Å². The van der Waals surface area contributed by atoms with Gasteiger partial charge in [0.15, 0.2) is 5.79 Å². The lowest BCUT2D eigenvalue weighted by molar-refractivity contribution is -0.252. The number of ether oxygens (including phenoxy) is 3. The standard InChI is InChI=1S/C24H30O5Si/c1-22(2,3)30(18-12-8-6-9-13-18,19-14-10-7-11-15-19)28-20-16-21(25)27-24(20)17-26-23(4,5)29-24/h6-15,20H,16-17H2,1-5H3/t20-,24+/m1/s1. The summed E-state index contributed by atoms with van der Waals surface area (Å²) >= 11 is 0. The molecule has 6 heteroatoms. The monoisotopic (exact) mass is 426 g/mol. The molecule has 0 aromatic heterocycles. The first-order valence-electron chi connectivity index (χ1n) is 10.4. The third-order valence-electron chi connectivity index (χ3n) is 5.90. The highest BCUT2D eigenvalue weighted by molar-refractivity contribution is 6.99. The van der Waals surface area contributed by atoms with E-state index in [1.54, 1.807) is 0 Å². The molecule has 4 rings (SSSR count). The van der Waals surface area contributed by atoms with Gasteiger partial charge < -0.3 is 18.6 Å². The molecule has 0 N–H and O–H groups in total. The van der Waals surface area contributed by atoms with Crippen LogP contribution in [0.4, 0.5) is 0 Å². The van der Waals surface area contributed by atoms with Crippen molar-refractivity contribution in [3.05, 3.63) is 60.7 Å². The van der Waals surface area contributed by atoms with Crippen molar-refractivity contribution in [2.24, 2.45) is 0 Å². The molecule has 1 spiro atoms. The minimum Gasteiger partial charge on any atom is -0.427 e. The fourth-order valence-corrected chi connectivity index (χ4v) is 9.31. The fraction of sp³-hybridized carbons (Fsp3) is 0.458. The van der Waals surface area contributed by atoms with Gasteiger partial charge in [0.05, 0.1) is 6.42 Å². The molecule has 2 atom stereocenters. The number of carbonyl (C=O) groups is 1. The molecule has 0 radical (unpaired) electrons. The van der Waals surface area contributed by atoms with E-state index in [1.165, 1.54) is 0 Å². The normalized spacial score (nSPS) is 26.2. The predicted molar refractivity (Wildman–Crippen MR) is 117 cm³/mol. The van der Waals surface area contributed by atoms with E-state index in [0.717, 1.165) is 10.4 Å². The number of benzene rings is 2. The van der Waals surface area contributed by atoms with Gasteiger partial charge in [-0.1, -0.05) is 81.4 Å². The Bertz CT molecular complexity index is 867. The van der Waals surface area contributed by atoms with Crippen molar-refractivity contribution in [2.75, 3.05) is 6.61 Å². The number of carbonyl (C=O) groups excluding carboxylic acids is 1. The van der Waals surface area contributed by atoms with Crippen LogP contribution < -0.4 is 10.4 Å². The van der Waals surface area contributed by atoms with Gasteiger partial charge in [-0.05, 0) is 29.3 Å². The van der Waals surface area contributed by atoms with Crippen LogP contribution >= 0.6 is 0 Å².